The number of alkyl halides is 2. The molecule has 0 aliphatic rings. The molecule has 0 bridgehead atoms. The van der Waals surface area contributed by atoms with Crippen molar-refractivity contribution in [3.63, 3.8) is 0 Å². The maximum atomic E-state index is 12.5. The largest absolute Gasteiger partial charge is 0.481 e. The van der Waals surface area contributed by atoms with E-state index < -0.39 is 17.8 Å². The number of carboxylic acids is 1. The van der Waals surface area contributed by atoms with E-state index in [2.05, 4.69) is 4.98 Å². The van der Waals surface area contributed by atoms with Crippen molar-refractivity contribution in [3.8, 4) is 0 Å². The topological polar surface area (TPSA) is 50.2 Å². The molecule has 0 unspecified atom stereocenters. The molecule has 84 valence electrons. The van der Waals surface area contributed by atoms with Gasteiger partial charge in [-0.2, -0.15) is 0 Å². The van der Waals surface area contributed by atoms with Crippen LogP contribution in [0, 0.1) is 6.92 Å². The lowest BCUT2D eigenvalue weighted by Crippen LogP contribution is -2.28. The predicted octanol–water partition coefficient (Wildman–Crippen LogP) is 2.75. The fraction of sp³-hybridized carbons (Fsp3) is 0.556. The molecule has 1 aromatic rings. The molecule has 0 spiro atoms. The minimum Gasteiger partial charge on any atom is -0.481 e. The highest BCUT2D eigenvalue weighted by molar-refractivity contribution is 7.12. The van der Waals surface area contributed by atoms with Gasteiger partial charge in [0, 0.05) is 0 Å². The molecule has 1 N–H and O–H groups in total. The van der Waals surface area contributed by atoms with Gasteiger partial charge < -0.3 is 5.11 Å². The molecule has 0 amide bonds. The van der Waals surface area contributed by atoms with Crippen molar-refractivity contribution in [2.45, 2.75) is 32.6 Å². The van der Waals surface area contributed by atoms with Gasteiger partial charge in [-0.15, -0.1) is 11.3 Å². The van der Waals surface area contributed by atoms with Crippen LogP contribution in [0.15, 0.2) is 0 Å². The number of hydrogen-bond donors (Lipinski definition) is 1. The lowest BCUT2D eigenvalue weighted by Gasteiger charge is -2.14. The number of halogens is 2. The molecule has 0 aromatic carbocycles. The first-order valence-corrected chi connectivity index (χ1v) is 5.07. The molecule has 3 nitrogen and oxygen atoms in total. The first kappa shape index (κ1) is 12.0. The molecule has 1 aromatic heterocycles. The van der Waals surface area contributed by atoms with Gasteiger partial charge in [-0.3, -0.25) is 4.79 Å². The van der Waals surface area contributed by atoms with E-state index in [9.17, 15) is 13.6 Å². The van der Waals surface area contributed by atoms with Crippen LogP contribution >= 0.6 is 11.3 Å². The normalized spacial score (nSPS) is 12.1. The standard InChI is InChI=1S/C9H11F2NO2S/c1-4-5(6(10)11)15-7(12-4)9(2,3)8(13)14/h6H,1-3H3,(H,13,14). The average molecular weight is 235 g/mol. The van der Waals surface area contributed by atoms with Crippen LogP contribution in [-0.4, -0.2) is 16.1 Å². The smallest absolute Gasteiger partial charge is 0.316 e. The Morgan fingerprint density at radius 2 is 2.07 bits per heavy atom. The van der Waals surface area contributed by atoms with Gasteiger partial charge >= 0.3 is 5.97 Å². The molecule has 0 saturated heterocycles. The van der Waals surface area contributed by atoms with Gasteiger partial charge in [0.05, 0.1) is 10.6 Å². The molecule has 15 heavy (non-hydrogen) atoms. The number of aryl methyl sites for hydroxylation is 1. The van der Waals surface area contributed by atoms with E-state index in [4.69, 9.17) is 5.11 Å². The average Bonchev–Trinajstić information content (AvgIpc) is 2.47. The highest BCUT2D eigenvalue weighted by Gasteiger charge is 2.34. The third kappa shape index (κ3) is 2.14. The second-order valence-corrected chi connectivity index (χ2v) is 4.73. The Hall–Kier alpha value is -1.04. The summed E-state index contributed by atoms with van der Waals surface area (Å²) in [5.74, 6) is -1.07. The van der Waals surface area contributed by atoms with E-state index in [1.807, 2.05) is 0 Å². The molecular weight excluding hydrogens is 224 g/mol. The Morgan fingerprint density at radius 3 is 2.40 bits per heavy atom. The van der Waals surface area contributed by atoms with Gasteiger partial charge in [-0.05, 0) is 20.8 Å². The van der Waals surface area contributed by atoms with E-state index in [1.165, 1.54) is 20.8 Å². The van der Waals surface area contributed by atoms with Crippen molar-refractivity contribution >= 4 is 17.3 Å². The zero-order valence-corrected chi connectivity index (χ0v) is 9.36. The van der Waals surface area contributed by atoms with E-state index in [0.29, 0.717) is 0 Å². The van der Waals surface area contributed by atoms with Crippen LogP contribution in [0.25, 0.3) is 0 Å². The van der Waals surface area contributed by atoms with Gasteiger partial charge in [-0.25, -0.2) is 13.8 Å². The van der Waals surface area contributed by atoms with Gasteiger partial charge in [0.15, 0.2) is 0 Å². The summed E-state index contributed by atoms with van der Waals surface area (Å²) in [6, 6.07) is 0. The number of carbonyl (C=O) groups is 1. The molecule has 0 atom stereocenters. The first-order chi connectivity index (χ1) is 6.76. The summed E-state index contributed by atoms with van der Waals surface area (Å²) >= 11 is 0.761. The summed E-state index contributed by atoms with van der Waals surface area (Å²) in [7, 11) is 0. The molecule has 0 saturated carbocycles. The summed E-state index contributed by atoms with van der Waals surface area (Å²) in [6.45, 7) is 4.35. The molecule has 0 aliphatic carbocycles. The zero-order valence-electron chi connectivity index (χ0n) is 8.54. The van der Waals surface area contributed by atoms with Crippen LogP contribution in [0.4, 0.5) is 8.78 Å². The Morgan fingerprint density at radius 1 is 1.53 bits per heavy atom. The SMILES string of the molecule is Cc1nc(C(C)(C)C(=O)O)sc1C(F)F. The van der Waals surface area contributed by atoms with Crippen molar-refractivity contribution in [1.82, 2.24) is 4.98 Å². The summed E-state index contributed by atoms with van der Waals surface area (Å²) in [5.41, 5.74) is -1.01. The lowest BCUT2D eigenvalue weighted by atomic mass is 9.95. The molecule has 0 radical (unpaired) electrons. The van der Waals surface area contributed by atoms with Crippen LogP contribution in [0.3, 0.4) is 0 Å². The van der Waals surface area contributed by atoms with E-state index in [-0.39, 0.29) is 15.6 Å². The molecule has 0 aliphatic heterocycles. The number of nitrogens with zero attached hydrogens (tertiary/aromatic N) is 1. The monoisotopic (exact) mass is 235 g/mol. The van der Waals surface area contributed by atoms with Crippen LogP contribution < -0.4 is 0 Å². The zero-order chi connectivity index (χ0) is 11.8. The fourth-order valence-corrected chi connectivity index (χ4v) is 1.99. The van der Waals surface area contributed by atoms with Crippen molar-refractivity contribution in [3.05, 3.63) is 15.6 Å². The van der Waals surface area contributed by atoms with Gasteiger partial charge in [0.1, 0.15) is 10.4 Å². The summed E-state index contributed by atoms with van der Waals surface area (Å²) in [4.78, 5) is 14.6. The van der Waals surface area contributed by atoms with E-state index in [0.717, 1.165) is 11.3 Å². The summed E-state index contributed by atoms with van der Waals surface area (Å²) < 4.78 is 24.9. The molecule has 1 rings (SSSR count). The van der Waals surface area contributed by atoms with Gasteiger partial charge in [0.25, 0.3) is 6.43 Å². The predicted molar refractivity (Wildman–Crippen MR) is 52.5 cm³/mol. The Bertz CT molecular complexity index is 387. The van der Waals surface area contributed by atoms with Crippen molar-refractivity contribution < 1.29 is 18.7 Å². The molecule has 1 heterocycles. The highest BCUT2D eigenvalue weighted by Crippen LogP contribution is 2.34. The van der Waals surface area contributed by atoms with Crippen LogP contribution in [0.1, 0.15) is 35.9 Å². The second-order valence-electron chi connectivity index (χ2n) is 3.70. The number of hydrogen-bond acceptors (Lipinski definition) is 3. The summed E-state index contributed by atoms with van der Waals surface area (Å²) in [6.07, 6.45) is -2.60. The van der Waals surface area contributed by atoms with Crippen molar-refractivity contribution in [1.29, 1.82) is 0 Å². The minimum absolute atomic E-state index is 0.153. The number of rotatable bonds is 3. The maximum Gasteiger partial charge on any atom is 0.316 e. The Labute approximate surface area is 89.8 Å². The van der Waals surface area contributed by atoms with Crippen molar-refractivity contribution in [2.24, 2.45) is 0 Å². The molecular formula is C9H11F2NO2S. The van der Waals surface area contributed by atoms with E-state index >= 15 is 0 Å². The van der Waals surface area contributed by atoms with Crippen molar-refractivity contribution in [2.75, 3.05) is 0 Å². The number of aromatic nitrogens is 1. The quantitative estimate of drug-likeness (QED) is 0.876. The number of aliphatic carboxylic acids is 1. The number of thiazole rings is 1. The Kier molecular flexibility index (Phi) is 3.08. The van der Waals surface area contributed by atoms with E-state index in [1.54, 1.807) is 0 Å². The number of carboxylic acid groups (broad SMARTS) is 1. The second kappa shape index (κ2) is 3.84. The minimum atomic E-state index is -2.60. The first-order valence-electron chi connectivity index (χ1n) is 4.26. The molecule has 0 fully saturated rings. The van der Waals surface area contributed by atoms with Crippen LogP contribution in [0.2, 0.25) is 0 Å². The fourth-order valence-electron chi connectivity index (χ4n) is 0.969. The lowest BCUT2D eigenvalue weighted by molar-refractivity contribution is -0.142. The highest BCUT2D eigenvalue weighted by atomic mass is 32.1. The van der Waals surface area contributed by atoms with Crippen LogP contribution in [0.5, 0.6) is 0 Å². The van der Waals surface area contributed by atoms with Crippen LogP contribution in [-0.2, 0) is 10.2 Å². The van der Waals surface area contributed by atoms with Gasteiger partial charge in [0.2, 0.25) is 0 Å². The maximum absolute atomic E-state index is 12.5. The molecule has 6 heteroatoms. The Balaban J connectivity index is 3.18. The van der Waals surface area contributed by atoms with Gasteiger partial charge in [-0.1, -0.05) is 0 Å². The third-order valence-corrected chi connectivity index (χ3v) is 3.59. The summed E-state index contributed by atoms with van der Waals surface area (Å²) in [5, 5.41) is 9.12. The third-order valence-electron chi connectivity index (χ3n) is 2.10.